The highest BCUT2D eigenvalue weighted by molar-refractivity contribution is 5.82. The molecule has 2 heteroatoms. The van der Waals surface area contributed by atoms with Gasteiger partial charge in [-0.05, 0) is 31.6 Å². The van der Waals surface area contributed by atoms with Gasteiger partial charge in [0.05, 0.1) is 0 Å². The highest BCUT2D eigenvalue weighted by atomic mass is 14.6. The van der Waals surface area contributed by atoms with Crippen molar-refractivity contribution in [3.8, 4) is 0 Å². The van der Waals surface area contributed by atoms with Crippen LogP contribution in [0.5, 0.6) is 0 Å². The summed E-state index contributed by atoms with van der Waals surface area (Å²) >= 11 is 0. The van der Waals surface area contributed by atoms with Crippen molar-refractivity contribution in [1.82, 2.24) is 0 Å². The molecule has 0 fully saturated rings. The van der Waals surface area contributed by atoms with Crippen molar-refractivity contribution in [2.75, 3.05) is 0 Å². The molecule has 13 heavy (non-hydrogen) atoms. The molecule has 1 rings (SSSR count). The van der Waals surface area contributed by atoms with Crippen molar-refractivity contribution < 1.29 is 0 Å². The minimum Gasteiger partial charge on any atom is -0.398 e. The molecule has 0 heterocycles. The molecule has 0 saturated carbocycles. The smallest absolute Gasteiger partial charge is 0.0405 e. The SMILES string of the molecule is Cc1ccc(C)c(C(N)=CC=N)c1. The number of allylic oxidation sites excluding steroid dienone is 1. The van der Waals surface area contributed by atoms with Gasteiger partial charge in [-0.2, -0.15) is 0 Å². The van der Waals surface area contributed by atoms with Crippen LogP contribution in [0.3, 0.4) is 0 Å². The van der Waals surface area contributed by atoms with Crippen LogP contribution in [0, 0.1) is 19.3 Å². The van der Waals surface area contributed by atoms with Gasteiger partial charge < -0.3 is 11.1 Å². The summed E-state index contributed by atoms with van der Waals surface area (Å²) < 4.78 is 0. The molecule has 0 saturated heterocycles. The van der Waals surface area contributed by atoms with Crippen LogP contribution >= 0.6 is 0 Å². The second-order valence-corrected chi connectivity index (χ2v) is 3.11. The van der Waals surface area contributed by atoms with E-state index in [-0.39, 0.29) is 0 Å². The van der Waals surface area contributed by atoms with Crippen molar-refractivity contribution in [3.05, 3.63) is 41.0 Å². The lowest BCUT2D eigenvalue weighted by molar-refractivity contribution is 1.34. The fraction of sp³-hybridized carbons (Fsp3) is 0.182. The van der Waals surface area contributed by atoms with Crippen molar-refractivity contribution >= 4 is 11.9 Å². The van der Waals surface area contributed by atoms with Crippen LogP contribution in [-0.4, -0.2) is 6.21 Å². The van der Waals surface area contributed by atoms with E-state index < -0.39 is 0 Å². The molecule has 0 radical (unpaired) electrons. The molecule has 1 aromatic rings. The summed E-state index contributed by atoms with van der Waals surface area (Å²) in [6, 6.07) is 6.12. The number of hydrogen-bond donors (Lipinski definition) is 2. The number of aryl methyl sites for hydroxylation is 2. The first-order chi connectivity index (χ1) is 6.15. The Labute approximate surface area is 78.6 Å². The van der Waals surface area contributed by atoms with E-state index in [0.717, 1.165) is 11.1 Å². The van der Waals surface area contributed by atoms with Crippen LogP contribution in [0.2, 0.25) is 0 Å². The molecule has 3 N–H and O–H groups in total. The van der Waals surface area contributed by atoms with Crippen LogP contribution in [0.4, 0.5) is 0 Å². The molecule has 0 spiro atoms. The minimum absolute atomic E-state index is 0.649. The third-order valence-corrected chi connectivity index (χ3v) is 1.97. The summed E-state index contributed by atoms with van der Waals surface area (Å²) in [7, 11) is 0. The van der Waals surface area contributed by atoms with Gasteiger partial charge in [-0.25, -0.2) is 0 Å². The fourth-order valence-corrected chi connectivity index (χ4v) is 1.23. The minimum atomic E-state index is 0.649. The van der Waals surface area contributed by atoms with Gasteiger partial charge in [0.25, 0.3) is 0 Å². The van der Waals surface area contributed by atoms with Gasteiger partial charge in [-0.1, -0.05) is 17.7 Å². The molecular weight excluding hydrogens is 160 g/mol. The van der Waals surface area contributed by atoms with Crippen LogP contribution in [0.15, 0.2) is 24.3 Å². The molecule has 0 amide bonds. The number of benzene rings is 1. The van der Waals surface area contributed by atoms with E-state index in [1.165, 1.54) is 11.8 Å². The van der Waals surface area contributed by atoms with E-state index in [2.05, 4.69) is 6.07 Å². The Balaban J connectivity index is 3.20. The average molecular weight is 174 g/mol. The van der Waals surface area contributed by atoms with Crippen molar-refractivity contribution in [2.45, 2.75) is 13.8 Å². The third kappa shape index (κ3) is 2.18. The fourth-order valence-electron chi connectivity index (χ4n) is 1.23. The summed E-state index contributed by atoms with van der Waals surface area (Å²) in [5.74, 6) is 0. The average Bonchev–Trinajstić information content (AvgIpc) is 2.09. The van der Waals surface area contributed by atoms with Gasteiger partial charge in [0.2, 0.25) is 0 Å². The standard InChI is InChI=1S/C11H14N2/c1-8-3-4-9(2)10(7-8)11(13)5-6-12/h3-7,12H,13H2,1-2H3. The van der Waals surface area contributed by atoms with Gasteiger partial charge >= 0.3 is 0 Å². The summed E-state index contributed by atoms with van der Waals surface area (Å²) in [5.41, 5.74) is 9.77. The molecule has 2 nitrogen and oxygen atoms in total. The van der Waals surface area contributed by atoms with Crippen molar-refractivity contribution in [2.24, 2.45) is 5.73 Å². The Kier molecular flexibility index (Phi) is 2.85. The number of nitrogens with one attached hydrogen (secondary N) is 1. The Hall–Kier alpha value is -1.57. The van der Waals surface area contributed by atoms with Crippen LogP contribution in [0.1, 0.15) is 16.7 Å². The predicted molar refractivity (Wildman–Crippen MR) is 56.9 cm³/mol. The lowest BCUT2D eigenvalue weighted by atomic mass is 10.0. The molecular formula is C11H14N2. The normalized spacial score (nSPS) is 11.4. The molecule has 0 aliphatic heterocycles. The number of rotatable bonds is 2. The molecule has 0 bridgehead atoms. The monoisotopic (exact) mass is 174 g/mol. The lowest BCUT2D eigenvalue weighted by Gasteiger charge is -2.06. The van der Waals surface area contributed by atoms with Crippen molar-refractivity contribution in [3.63, 3.8) is 0 Å². The predicted octanol–water partition coefficient (Wildman–Crippen LogP) is 2.25. The number of nitrogens with two attached hydrogens (primary N) is 1. The first-order valence-electron chi connectivity index (χ1n) is 4.19. The molecule has 1 aromatic carbocycles. The summed E-state index contributed by atoms with van der Waals surface area (Å²) in [5, 5.41) is 6.93. The second-order valence-electron chi connectivity index (χ2n) is 3.11. The maximum absolute atomic E-state index is 6.93. The highest BCUT2D eigenvalue weighted by Gasteiger charge is 2.00. The van der Waals surface area contributed by atoms with Gasteiger partial charge in [-0.15, -0.1) is 0 Å². The van der Waals surface area contributed by atoms with Gasteiger partial charge in [-0.3, -0.25) is 0 Å². The zero-order chi connectivity index (χ0) is 9.84. The molecule has 0 aliphatic rings. The zero-order valence-corrected chi connectivity index (χ0v) is 7.96. The largest absolute Gasteiger partial charge is 0.398 e. The Morgan fingerprint density at radius 2 is 2.08 bits per heavy atom. The Morgan fingerprint density at radius 1 is 1.38 bits per heavy atom. The quantitative estimate of drug-likeness (QED) is 0.664. The van der Waals surface area contributed by atoms with Gasteiger partial charge in [0, 0.05) is 17.5 Å². The first kappa shape index (κ1) is 9.52. The van der Waals surface area contributed by atoms with Gasteiger partial charge in [0.15, 0.2) is 0 Å². The van der Waals surface area contributed by atoms with E-state index in [1.807, 2.05) is 26.0 Å². The van der Waals surface area contributed by atoms with Crippen LogP contribution in [-0.2, 0) is 0 Å². The maximum Gasteiger partial charge on any atom is 0.0405 e. The second kappa shape index (κ2) is 3.90. The zero-order valence-electron chi connectivity index (χ0n) is 7.96. The molecule has 68 valence electrons. The van der Waals surface area contributed by atoms with E-state index in [0.29, 0.717) is 5.70 Å². The van der Waals surface area contributed by atoms with Crippen LogP contribution in [0.25, 0.3) is 5.70 Å². The molecule has 0 aliphatic carbocycles. The van der Waals surface area contributed by atoms with E-state index in [9.17, 15) is 0 Å². The number of hydrogen-bond acceptors (Lipinski definition) is 2. The Morgan fingerprint density at radius 3 is 2.69 bits per heavy atom. The Bertz CT molecular complexity index is 351. The van der Waals surface area contributed by atoms with E-state index in [1.54, 1.807) is 6.08 Å². The maximum atomic E-state index is 6.93. The summed E-state index contributed by atoms with van der Waals surface area (Å²) in [4.78, 5) is 0. The molecule has 0 unspecified atom stereocenters. The van der Waals surface area contributed by atoms with Crippen molar-refractivity contribution in [1.29, 1.82) is 5.41 Å². The lowest BCUT2D eigenvalue weighted by Crippen LogP contribution is -1.99. The van der Waals surface area contributed by atoms with E-state index >= 15 is 0 Å². The summed E-state index contributed by atoms with van der Waals surface area (Å²) in [6.45, 7) is 4.04. The topological polar surface area (TPSA) is 49.9 Å². The molecule has 0 aromatic heterocycles. The molecule has 0 atom stereocenters. The highest BCUT2D eigenvalue weighted by Crippen LogP contribution is 2.15. The van der Waals surface area contributed by atoms with Gasteiger partial charge in [0.1, 0.15) is 0 Å². The van der Waals surface area contributed by atoms with Crippen LogP contribution < -0.4 is 5.73 Å². The third-order valence-electron chi connectivity index (χ3n) is 1.97. The van der Waals surface area contributed by atoms with E-state index in [4.69, 9.17) is 11.1 Å². The summed E-state index contributed by atoms with van der Waals surface area (Å²) in [6.07, 6.45) is 2.80. The first-order valence-corrected chi connectivity index (χ1v) is 4.19.